The smallest absolute Gasteiger partial charge is 0.408 e. The fraction of sp³-hybridized carbons (Fsp3) is 0.640. The third-order valence-corrected chi connectivity index (χ3v) is 4.79. The number of hydrogen-bond donors (Lipinski definition) is 2. The number of nitrogens with one attached hydrogen (secondary N) is 2. The zero-order valence-corrected chi connectivity index (χ0v) is 21.5. The van der Waals surface area contributed by atoms with Crippen LogP contribution in [0.2, 0.25) is 0 Å². The van der Waals surface area contributed by atoms with E-state index in [0.29, 0.717) is 0 Å². The van der Waals surface area contributed by atoms with Gasteiger partial charge in [0.25, 0.3) is 0 Å². The molecule has 0 radical (unpaired) electrons. The highest BCUT2D eigenvalue weighted by molar-refractivity contribution is 5.92. The highest BCUT2D eigenvalue weighted by Gasteiger charge is 2.37. The molecule has 0 fully saturated rings. The lowest BCUT2D eigenvalue weighted by molar-refractivity contribution is -0.144. The molecule has 7 nitrogen and oxygen atoms in total. The number of hydrogen-bond acceptors (Lipinski definition) is 4. The predicted octanol–water partition coefficient (Wildman–Crippen LogP) is 4.41. The quantitative estimate of drug-likeness (QED) is 0.676. The molecule has 0 heterocycles. The molecular weight excluding hydrogens is 406 g/mol. The van der Waals surface area contributed by atoms with E-state index in [1.54, 1.807) is 27.7 Å². The molecule has 0 aromatic heterocycles. The van der Waals surface area contributed by atoms with E-state index in [4.69, 9.17) is 4.74 Å². The largest absolute Gasteiger partial charge is 0.444 e. The van der Waals surface area contributed by atoms with E-state index in [-0.39, 0.29) is 17.9 Å². The van der Waals surface area contributed by atoms with Gasteiger partial charge in [0.05, 0.1) is 0 Å². The van der Waals surface area contributed by atoms with Crippen LogP contribution in [0.3, 0.4) is 0 Å². The molecule has 1 rings (SSSR count). The average Bonchev–Trinajstić information content (AvgIpc) is 2.57. The first-order chi connectivity index (χ1) is 14.4. The molecule has 1 aromatic rings. The first kappa shape index (κ1) is 27.5. The number of amides is 3. The highest BCUT2D eigenvalue weighted by Crippen LogP contribution is 2.27. The molecule has 32 heavy (non-hydrogen) atoms. The van der Waals surface area contributed by atoms with Crippen LogP contribution < -0.4 is 10.6 Å². The molecule has 0 bridgehead atoms. The molecule has 0 aliphatic carbocycles. The maximum absolute atomic E-state index is 13.5. The Bertz CT molecular complexity index is 835. The van der Waals surface area contributed by atoms with Crippen LogP contribution in [0.1, 0.15) is 85.0 Å². The second kappa shape index (κ2) is 10.4. The fourth-order valence-electron chi connectivity index (χ4n) is 3.26. The molecule has 2 unspecified atom stereocenters. The Morgan fingerprint density at radius 2 is 1.50 bits per heavy atom. The molecule has 1 aromatic carbocycles. The topological polar surface area (TPSA) is 87.7 Å². The molecule has 2 atom stereocenters. The number of ether oxygens (including phenoxy) is 1. The standard InChI is InChI=1S/C25H41N3O4/c1-15(2)28(22(30)18(5)26-23(31)32-25(9,10)11)20(21(29)27-24(6,7)8)19-13-12-16(3)17(4)14-19/h12-15,18,20H,1-11H3,(H,26,31)(H,27,29). The lowest BCUT2D eigenvalue weighted by Crippen LogP contribution is -2.55. The van der Waals surface area contributed by atoms with E-state index >= 15 is 0 Å². The molecule has 2 N–H and O–H groups in total. The summed E-state index contributed by atoms with van der Waals surface area (Å²) in [5.74, 6) is -0.634. The summed E-state index contributed by atoms with van der Waals surface area (Å²) in [4.78, 5) is 40.7. The van der Waals surface area contributed by atoms with Crippen LogP contribution in [-0.4, -0.2) is 46.0 Å². The lowest BCUT2D eigenvalue weighted by Gasteiger charge is -2.38. The number of carbonyl (C=O) groups is 3. The molecule has 0 saturated carbocycles. The van der Waals surface area contributed by atoms with E-state index in [1.165, 1.54) is 4.90 Å². The van der Waals surface area contributed by atoms with Gasteiger partial charge in [0, 0.05) is 11.6 Å². The fourth-order valence-corrected chi connectivity index (χ4v) is 3.26. The average molecular weight is 448 g/mol. The van der Waals surface area contributed by atoms with Crippen LogP contribution in [0, 0.1) is 13.8 Å². The molecule has 180 valence electrons. The van der Waals surface area contributed by atoms with Crippen molar-refractivity contribution in [3.8, 4) is 0 Å². The van der Waals surface area contributed by atoms with Gasteiger partial charge in [-0.25, -0.2) is 4.79 Å². The Balaban J connectivity index is 3.37. The van der Waals surface area contributed by atoms with Gasteiger partial charge in [0.1, 0.15) is 17.7 Å². The van der Waals surface area contributed by atoms with Crippen molar-refractivity contribution >= 4 is 17.9 Å². The van der Waals surface area contributed by atoms with E-state index in [0.717, 1.165) is 16.7 Å². The van der Waals surface area contributed by atoms with E-state index < -0.39 is 29.3 Å². The minimum Gasteiger partial charge on any atom is -0.444 e. The summed E-state index contributed by atoms with van der Waals surface area (Å²) in [6.07, 6.45) is -0.677. The van der Waals surface area contributed by atoms with Gasteiger partial charge in [-0.3, -0.25) is 9.59 Å². The van der Waals surface area contributed by atoms with E-state index in [2.05, 4.69) is 10.6 Å². The first-order valence-electron chi connectivity index (χ1n) is 11.1. The van der Waals surface area contributed by atoms with E-state index in [1.807, 2.05) is 66.7 Å². The van der Waals surface area contributed by atoms with Crippen molar-refractivity contribution in [1.82, 2.24) is 15.5 Å². The van der Waals surface area contributed by atoms with Gasteiger partial charge in [0.15, 0.2) is 0 Å². The maximum Gasteiger partial charge on any atom is 0.408 e. The van der Waals surface area contributed by atoms with Crippen molar-refractivity contribution in [3.63, 3.8) is 0 Å². The van der Waals surface area contributed by atoms with Crippen LogP contribution in [-0.2, 0) is 14.3 Å². The van der Waals surface area contributed by atoms with Gasteiger partial charge in [0.2, 0.25) is 11.8 Å². The molecule has 0 saturated heterocycles. The summed E-state index contributed by atoms with van der Waals surface area (Å²) in [6.45, 7) is 20.3. The van der Waals surface area contributed by atoms with Crippen LogP contribution in [0.4, 0.5) is 4.79 Å². The Labute approximate surface area is 193 Å². The zero-order chi connectivity index (χ0) is 25.0. The van der Waals surface area contributed by atoms with Gasteiger partial charge in [-0.1, -0.05) is 18.2 Å². The van der Waals surface area contributed by atoms with Crippen LogP contribution in [0.25, 0.3) is 0 Å². The maximum atomic E-state index is 13.5. The number of benzene rings is 1. The summed E-state index contributed by atoms with van der Waals surface area (Å²) in [6, 6.07) is 3.77. The van der Waals surface area contributed by atoms with Crippen molar-refractivity contribution in [1.29, 1.82) is 0 Å². The van der Waals surface area contributed by atoms with Gasteiger partial charge in [-0.05, 0) is 92.9 Å². The van der Waals surface area contributed by atoms with Gasteiger partial charge in [-0.2, -0.15) is 0 Å². The number of nitrogens with zero attached hydrogens (tertiary/aromatic N) is 1. The Morgan fingerprint density at radius 1 is 0.938 bits per heavy atom. The highest BCUT2D eigenvalue weighted by atomic mass is 16.6. The number of alkyl carbamates (subject to hydrolysis) is 1. The van der Waals surface area contributed by atoms with Crippen molar-refractivity contribution in [2.24, 2.45) is 0 Å². The molecule has 7 heteroatoms. The van der Waals surface area contributed by atoms with Crippen LogP contribution in [0.15, 0.2) is 18.2 Å². The minimum absolute atomic E-state index is 0.271. The molecule has 0 aliphatic heterocycles. The summed E-state index contributed by atoms with van der Waals surface area (Å²) in [5, 5.41) is 5.61. The lowest BCUT2D eigenvalue weighted by atomic mass is 9.96. The van der Waals surface area contributed by atoms with Crippen LogP contribution >= 0.6 is 0 Å². The van der Waals surface area contributed by atoms with Crippen molar-refractivity contribution in [2.75, 3.05) is 0 Å². The Hall–Kier alpha value is -2.57. The van der Waals surface area contributed by atoms with E-state index in [9.17, 15) is 14.4 Å². The Morgan fingerprint density at radius 3 is 1.94 bits per heavy atom. The van der Waals surface area contributed by atoms with Crippen molar-refractivity contribution in [3.05, 3.63) is 34.9 Å². The minimum atomic E-state index is -0.872. The summed E-state index contributed by atoms with van der Waals surface area (Å²) >= 11 is 0. The normalized spacial score (nSPS) is 13.9. The summed E-state index contributed by atoms with van der Waals surface area (Å²) in [7, 11) is 0. The van der Waals surface area contributed by atoms with Crippen molar-refractivity contribution < 1.29 is 19.1 Å². The first-order valence-corrected chi connectivity index (χ1v) is 11.1. The van der Waals surface area contributed by atoms with Crippen LogP contribution in [0.5, 0.6) is 0 Å². The monoisotopic (exact) mass is 447 g/mol. The number of carbonyl (C=O) groups excluding carboxylic acids is 3. The summed E-state index contributed by atoms with van der Waals surface area (Å²) < 4.78 is 5.29. The zero-order valence-electron chi connectivity index (χ0n) is 21.5. The van der Waals surface area contributed by atoms with Crippen molar-refractivity contribution in [2.45, 2.75) is 105 Å². The summed E-state index contributed by atoms with van der Waals surface area (Å²) in [5.41, 5.74) is 1.71. The predicted molar refractivity (Wildman–Crippen MR) is 127 cm³/mol. The molecule has 0 spiro atoms. The Kier molecular flexibility index (Phi) is 8.90. The third kappa shape index (κ3) is 8.17. The molecule has 0 aliphatic rings. The molecule has 3 amide bonds. The van der Waals surface area contributed by atoms with Gasteiger partial charge in [-0.15, -0.1) is 0 Å². The van der Waals surface area contributed by atoms with Gasteiger partial charge < -0.3 is 20.3 Å². The third-order valence-electron chi connectivity index (χ3n) is 4.79. The van der Waals surface area contributed by atoms with Gasteiger partial charge >= 0.3 is 6.09 Å². The second-order valence-corrected chi connectivity index (χ2v) is 10.7. The number of aryl methyl sites for hydroxylation is 2. The molecular formula is C25H41N3O4. The second-order valence-electron chi connectivity index (χ2n) is 10.7. The SMILES string of the molecule is Cc1ccc(C(C(=O)NC(C)(C)C)N(C(=O)C(C)NC(=O)OC(C)(C)C)C(C)C)cc1C. The number of rotatable bonds is 6.